The van der Waals surface area contributed by atoms with Gasteiger partial charge in [-0.1, -0.05) is 6.07 Å². The Balaban J connectivity index is 2.70. The number of carbonyl (C=O) groups is 1. The molecule has 0 radical (unpaired) electrons. The standard InChI is InChI=1S/C15H13FN2O5/c1-8-5-9(16)3-4-10(8)11-6-13(18(21)22)12(17-15(19)20)7-14(11)23-2/h3-7,17H,1-2H3,(H,19,20). The smallest absolute Gasteiger partial charge is 0.409 e. The summed E-state index contributed by atoms with van der Waals surface area (Å²) in [5.74, 6) is -0.196. The molecule has 0 aliphatic rings. The van der Waals surface area contributed by atoms with E-state index in [0.717, 1.165) is 0 Å². The number of nitro groups is 1. The Morgan fingerprint density at radius 2 is 2.00 bits per heavy atom. The molecule has 0 aromatic heterocycles. The minimum absolute atomic E-state index is 0.206. The molecule has 0 saturated heterocycles. The summed E-state index contributed by atoms with van der Waals surface area (Å²) in [6.45, 7) is 1.66. The number of methoxy groups -OCH3 is 1. The Bertz CT molecular complexity index is 792. The van der Waals surface area contributed by atoms with E-state index in [-0.39, 0.29) is 11.4 Å². The number of nitrogens with one attached hydrogen (secondary N) is 1. The molecule has 0 heterocycles. The first-order valence-electron chi connectivity index (χ1n) is 6.46. The van der Waals surface area contributed by atoms with Gasteiger partial charge in [0.1, 0.15) is 17.3 Å². The summed E-state index contributed by atoms with van der Waals surface area (Å²) in [6.07, 6.45) is -1.43. The molecule has 0 bridgehead atoms. The molecular formula is C15H13FN2O5. The lowest BCUT2D eigenvalue weighted by Crippen LogP contribution is -2.09. The summed E-state index contributed by atoms with van der Waals surface area (Å²) in [5.41, 5.74) is 0.854. The molecule has 1 amide bonds. The molecule has 8 heteroatoms. The van der Waals surface area contributed by atoms with Crippen LogP contribution in [0.2, 0.25) is 0 Å². The molecule has 0 aliphatic heterocycles. The number of hydrogen-bond acceptors (Lipinski definition) is 4. The summed E-state index contributed by atoms with van der Waals surface area (Å²) >= 11 is 0. The predicted molar refractivity (Wildman–Crippen MR) is 81.4 cm³/mol. The number of nitrogens with zero attached hydrogens (tertiary/aromatic N) is 1. The molecule has 23 heavy (non-hydrogen) atoms. The van der Waals surface area contributed by atoms with Crippen molar-refractivity contribution in [3.8, 4) is 16.9 Å². The molecule has 0 atom stereocenters. The number of aryl methyl sites for hydroxylation is 1. The van der Waals surface area contributed by atoms with E-state index < -0.39 is 22.5 Å². The molecule has 120 valence electrons. The zero-order valence-electron chi connectivity index (χ0n) is 12.3. The fourth-order valence-corrected chi connectivity index (χ4v) is 2.24. The van der Waals surface area contributed by atoms with Crippen LogP contribution in [-0.4, -0.2) is 23.2 Å². The maximum absolute atomic E-state index is 13.2. The Hall–Kier alpha value is -3.16. The average Bonchev–Trinajstić information content (AvgIpc) is 2.46. The maximum Gasteiger partial charge on any atom is 0.409 e. The Morgan fingerprint density at radius 1 is 1.30 bits per heavy atom. The van der Waals surface area contributed by atoms with E-state index in [1.165, 1.54) is 37.4 Å². The lowest BCUT2D eigenvalue weighted by atomic mass is 9.98. The third-order valence-electron chi connectivity index (χ3n) is 3.23. The first kappa shape index (κ1) is 16.2. The topological polar surface area (TPSA) is 102 Å². The summed E-state index contributed by atoms with van der Waals surface area (Å²) in [7, 11) is 1.36. The highest BCUT2D eigenvalue weighted by Gasteiger charge is 2.22. The zero-order valence-corrected chi connectivity index (χ0v) is 12.3. The number of amides is 1. The van der Waals surface area contributed by atoms with Gasteiger partial charge in [0.2, 0.25) is 0 Å². The quantitative estimate of drug-likeness (QED) is 0.659. The molecule has 7 nitrogen and oxygen atoms in total. The Labute approximate surface area is 130 Å². The van der Waals surface area contributed by atoms with Crippen molar-refractivity contribution >= 4 is 17.5 Å². The zero-order chi connectivity index (χ0) is 17.1. The highest BCUT2D eigenvalue weighted by Crippen LogP contribution is 2.39. The summed E-state index contributed by atoms with van der Waals surface area (Å²) in [6, 6.07) is 6.44. The Morgan fingerprint density at radius 3 is 2.52 bits per heavy atom. The van der Waals surface area contributed by atoms with Gasteiger partial charge >= 0.3 is 6.09 Å². The van der Waals surface area contributed by atoms with Crippen LogP contribution in [-0.2, 0) is 0 Å². The minimum atomic E-state index is -1.43. The molecule has 0 saturated carbocycles. The van der Waals surface area contributed by atoms with E-state index in [1.807, 2.05) is 5.32 Å². The van der Waals surface area contributed by atoms with Gasteiger partial charge < -0.3 is 9.84 Å². The van der Waals surface area contributed by atoms with Crippen LogP contribution in [0.25, 0.3) is 11.1 Å². The highest BCUT2D eigenvalue weighted by molar-refractivity contribution is 5.90. The monoisotopic (exact) mass is 320 g/mol. The molecule has 2 aromatic carbocycles. The van der Waals surface area contributed by atoms with Crippen molar-refractivity contribution in [1.82, 2.24) is 0 Å². The van der Waals surface area contributed by atoms with E-state index in [4.69, 9.17) is 9.84 Å². The molecule has 2 N–H and O–H groups in total. The van der Waals surface area contributed by atoms with Gasteiger partial charge in [-0.05, 0) is 30.2 Å². The van der Waals surface area contributed by atoms with Crippen LogP contribution >= 0.6 is 0 Å². The van der Waals surface area contributed by atoms with Crippen molar-refractivity contribution < 1.29 is 24.0 Å². The third-order valence-corrected chi connectivity index (χ3v) is 3.23. The second kappa shape index (κ2) is 6.30. The minimum Gasteiger partial charge on any atom is -0.496 e. The van der Waals surface area contributed by atoms with Gasteiger partial charge in [0.15, 0.2) is 0 Å². The van der Waals surface area contributed by atoms with Gasteiger partial charge in [0.05, 0.1) is 12.0 Å². The van der Waals surface area contributed by atoms with Crippen molar-refractivity contribution in [3.63, 3.8) is 0 Å². The molecule has 0 spiro atoms. The van der Waals surface area contributed by atoms with Crippen LogP contribution in [0.4, 0.5) is 20.6 Å². The molecule has 0 fully saturated rings. The fourth-order valence-electron chi connectivity index (χ4n) is 2.24. The van der Waals surface area contributed by atoms with Crippen LogP contribution in [0.1, 0.15) is 5.56 Å². The number of nitro benzene ring substituents is 1. The van der Waals surface area contributed by atoms with Crippen molar-refractivity contribution in [1.29, 1.82) is 0 Å². The first-order valence-corrected chi connectivity index (χ1v) is 6.46. The summed E-state index contributed by atoms with van der Waals surface area (Å²) in [5, 5.41) is 21.9. The van der Waals surface area contributed by atoms with Gasteiger partial charge in [0, 0.05) is 17.7 Å². The van der Waals surface area contributed by atoms with Gasteiger partial charge in [0.25, 0.3) is 5.69 Å². The van der Waals surface area contributed by atoms with Crippen LogP contribution in [0.15, 0.2) is 30.3 Å². The fraction of sp³-hybridized carbons (Fsp3) is 0.133. The molecular weight excluding hydrogens is 307 g/mol. The summed E-state index contributed by atoms with van der Waals surface area (Å²) in [4.78, 5) is 21.3. The predicted octanol–water partition coefficient (Wildman–Crippen LogP) is 3.81. The number of anilines is 1. The number of halogens is 1. The van der Waals surface area contributed by atoms with E-state index in [9.17, 15) is 19.3 Å². The van der Waals surface area contributed by atoms with Crippen molar-refractivity contribution in [2.24, 2.45) is 0 Å². The third kappa shape index (κ3) is 3.37. The second-order valence-corrected chi connectivity index (χ2v) is 4.72. The van der Waals surface area contributed by atoms with E-state index in [2.05, 4.69) is 0 Å². The van der Waals surface area contributed by atoms with Gasteiger partial charge in [-0.3, -0.25) is 15.4 Å². The number of hydrogen-bond donors (Lipinski definition) is 2. The number of benzene rings is 2. The van der Waals surface area contributed by atoms with Crippen molar-refractivity contribution in [3.05, 3.63) is 51.8 Å². The average molecular weight is 320 g/mol. The molecule has 0 unspecified atom stereocenters. The Kier molecular flexibility index (Phi) is 4.44. The second-order valence-electron chi connectivity index (χ2n) is 4.72. The molecule has 2 rings (SSSR count). The van der Waals surface area contributed by atoms with E-state index in [1.54, 1.807) is 6.92 Å². The SMILES string of the molecule is COc1cc(NC(=O)O)c([N+](=O)[O-])cc1-c1ccc(F)cc1C. The van der Waals surface area contributed by atoms with Crippen LogP contribution in [0.3, 0.4) is 0 Å². The van der Waals surface area contributed by atoms with E-state index in [0.29, 0.717) is 16.7 Å². The normalized spacial score (nSPS) is 10.2. The van der Waals surface area contributed by atoms with Gasteiger partial charge in [-0.2, -0.15) is 0 Å². The van der Waals surface area contributed by atoms with E-state index >= 15 is 0 Å². The van der Waals surface area contributed by atoms with Crippen molar-refractivity contribution in [2.45, 2.75) is 6.92 Å². The maximum atomic E-state index is 13.2. The number of ether oxygens (including phenoxy) is 1. The lowest BCUT2D eigenvalue weighted by molar-refractivity contribution is -0.383. The van der Waals surface area contributed by atoms with Crippen molar-refractivity contribution in [2.75, 3.05) is 12.4 Å². The summed E-state index contributed by atoms with van der Waals surface area (Å²) < 4.78 is 18.4. The van der Waals surface area contributed by atoms with Crippen LogP contribution in [0, 0.1) is 22.9 Å². The molecule has 0 aliphatic carbocycles. The number of carboxylic acid groups (broad SMARTS) is 1. The first-order chi connectivity index (χ1) is 10.8. The van der Waals surface area contributed by atoms with Gasteiger partial charge in [-0.15, -0.1) is 0 Å². The number of rotatable bonds is 4. The van der Waals surface area contributed by atoms with Crippen LogP contribution < -0.4 is 10.1 Å². The highest BCUT2D eigenvalue weighted by atomic mass is 19.1. The molecule has 2 aromatic rings. The van der Waals surface area contributed by atoms with Crippen LogP contribution in [0.5, 0.6) is 5.75 Å². The largest absolute Gasteiger partial charge is 0.496 e. The van der Waals surface area contributed by atoms with Gasteiger partial charge in [-0.25, -0.2) is 9.18 Å². The lowest BCUT2D eigenvalue weighted by Gasteiger charge is -2.13.